The fourth-order valence-electron chi connectivity index (χ4n) is 9.59. The van der Waals surface area contributed by atoms with Crippen LogP contribution in [0.2, 0.25) is 5.02 Å². The van der Waals surface area contributed by atoms with E-state index in [1.807, 2.05) is 6.07 Å². The number of halogens is 1. The zero-order chi connectivity index (χ0) is 44.4. The summed E-state index contributed by atoms with van der Waals surface area (Å²) in [6, 6.07) is 42.4. The van der Waals surface area contributed by atoms with Crippen molar-refractivity contribution in [2.75, 3.05) is 13.2 Å². The molecule has 0 amide bonds. The van der Waals surface area contributed by atoms with Crippen LogP contribution in [0.4, 0.5) is 0 Å². The average molecular weight is 847 g/mol. The van der Waals surface area contributed by atoms with Crippen LogP contribution in [-0.2, 0) is 36.3 Å². The molecule has 5 heteroatoms. The normalized spacial score (nSPS) is 14.6. The van der Waals surface area contributed by atoms with E-state index in [1.54, 1.807) is 13.8 Å². The SMILES string of the molecule is C=CC1(CCCOC(=O)C(=C)C)c2cc(-c3cc(Cl)c4cc(CCOC(=O)C(=C)C)ccc4c3)ccc2-c2ccc(-c3ccc4ccc5cc(C(C)(C)C)cc6ccc3c4c56)cc21. The summed E-state index contributed by atoms with van der Waals surface area (Å²) >= 11 is 7.05. The van der Waals surface area contributed by atoms with Gasteiger partial charge in [0.2, 0.25) is 0 Å². The van der Waals surface area contributed by atoms with Crippen molar-refractivity contribution in [3.63, 3.8) is 0 Å². The third kappa shape index (κ3) is 7.40. The van der Waals surface area contributed by atoms with Crippen LogP contribution in [0.3, 0.4) is 0 Å². The lowest BCUT2D eigenvalue weighted by atomic mass is 9.73. The fourth-order valence-corrected chi connectivity index (χ4v) is 9.87. The van der Waals surface area contributed by atoms with E-state index in [1.165, 1.54) is 54.6 Å². The lowest BCUT2D eigenvalue weighted by molar-refractivity contribution is -0.139. The molecule has 0 heterocycles. The summed E-state index contributed by atoms with van der Waals surface area (Å²) in [5.74, 6) is -0.767. The number of rotatable bonds is 12. The van der Waals surface area contributed by atoms with Crippen molar-refractivity contribution in [2.24, 2.45) is 0 Å². The zero-order valence-corrected chi connectivity index (χ0v) is 37.5. The minimum absolute atomic E-state index is 0.0430. The monoisotopic (exact) mass is 846 g/mol. The average Bonchev–Trinajstić information content (AvgIpc) is 3.54. The molecule has 0 N–H and O–H groups in total. The maximum Gasteiger partial charge on any atom is 0.333 e. The highest BCUT2D eigenvalue weighted by atomic mass is 35.5. The van der Waals surface area contributed by atoms with Crippen LogP contribution in [0, 0.1) is 0 Å². The Balaban J connectivity index is 1.12. The minimum Gasteiger partial charge on any atom is -0.462 e. The maximum atomic E-state index is 12.4. The lowest BCUT2D eigenvalue weighted by Gasteiger charge is -2.29. The molecule has 9 rings (SSSR count). The second-order valence-electron chi connectivity index (χ2n) is 18.3. The van der Waals surface area contributed by atoms with Crippen molar-refractivity contribution in [3.8, 4) is 33.4 Å². The van der Waals surface area contributed by atoms with Gasteiger partial charge in [0.05, 0.1) is 13.2 Å². The molecular formula is C58H51ClO4. The fraction of sp³-hybridized carbons (Fsp3) is 0.207. The molecule has 1 aliphatic rings. The highest BCUT2D eigenvalue weighted by molar-refractivity contribution is 6.36. The quantitative estimate of drug-likeness (QED) is 0.0404. The van der Waals surface area contributed by atoms with Crippen molar-refractivity contribution in [3.05, 3.63) is 179 Å². The highest BCUT2D eigenvalue weighted by Gasteiger charge is 2.41. The van der Waals surface area contributed by atoms with E-state index in [9.17, 15) is 9.59 Å². The predicted octanol–water partition coefficient (Wildman–Crippen LogP) is 15.0. The molecule has 63 heavy (non-hydrogen) atoms. The first-order valence-electron chi connectivity index (χ1n) is 21.7. The first-order valence-corrected chi connectivity index (χ1v) is 22.1. The molecule has 0 radical (unpaired) electrons. The Labute approximate surface area is 374 Å². The van der Waals surface area contributed by atoms with E-state index in [0.717, 1.165) is 44.2 Å². The van der Waals surface area contributed by atoms with Gasteiger partial charge in [-0.1, -0.05) is 137 Å². The molecule has 0 spiro atoms. The molecule has 0 saturated carbocycles. The number of hydrogen-bond donors (Lipinski definition) is 0. The molecule has 1 aliphatic carbocycles. The van der Waals surface area contributed by atoms with Gasteiger partial charge in [-0.05, 0) is 156 Å². The molecule has 0 aliphatic heterocycles. The topological polar surface area (TPSA) is 52.6 Å². The second-order valence-corrected chi connectivity index (χ2v) is 18.7. The summed E-state index contributed by atoms with van der Waals surface area (Å²) in [6.07, 6.45) is 3.98. The Bertz CT molecular complexity index is 3200. The molecule has 0 fully saturated rings. The molecular weight excluding hydrogens is 796 g/mol. The smallest absolute Gasteiger partial charge is 0.333 e. The summed E-state index contributed by atoms with van der Waals surface area (Å²) in [5.41, 5.74) is 11.7. The van der Waals surface area contributed by atoms with Crippen LogP contribution in [0.1, 0.15) is 69.7 Å². The minimum atomic E-state index is -0.567. The summed E-state index contributed by atoms with van der Waals surface area (Å²) in [4.78, 5) is 24.4. The second kappa shape index (κ2) is 16.0. The maximum absolute atomic E-state index is 12.4. The number of carbonyl (C=O) groups excluding carboxylic acids is 2. The summed E-state index contributed by atoms with van der Waals surface area (Å²) in [5, 5.41) is 10.2. The Morgan fingerprint density at radius 1 is 0.619 bits per heavy atom. The van der Waals surface area contributed by atoms with E-state index in [4.69, 9.17) is 21.1 Å². The van der Waals surface area contributed by atoms with Crippen molar-refractivity contribution >= 4 is 66.6 Å². The van der Waals surface area contributed by atoms with Crippen LogP contribution >= 0.6 is 11.6 Å². The molecule has 0 bridgehead atoms. The number of fused-ring (bicyclic) bond motifs is 4. The van der Waals surface area contributed by atoms with Gasteiger partial charge >= 0.3 is 11.9 Å². The van der Waals surface area contributed by atoms with Gasteiger partial charge in [0.15, 0.2) is 0 Å². The standard InChI is InChI=1S/C58H51ClO4/c1-9-58(24-10-25-62-55(60)34(2)3)50-31-38(43-28-39-12-11-36(27-49(39)52(59)33-43)23-26-63-56(61)35(4)5)16-20-46(50)47-21-17-40(32-51(47)58)45-19-15-37-13-14-41-29-44(57(6,7)8)30-42-18-22-48(45)54(37)53(41)42/h9,11-22,27-33H,1-2,4,10,23-26H2,3,5-8H3. The molecule has 314 valence electrons. The first kappa shape index (κ1) is 41.8. The van der Waals surface area contributed by atoms with Crippen LogP contribution in [-0.4, -0.2) is 25.2 Å². The summed E-state index contributed by atoms with van der Waals surface area (Å²) in [6.45, 7) is 22.6. The molecule has 0 saturated heterocycles. The van der Waals surface area contributed by atoms with Gasteiger partial charge in [-0.25, -0.2) is 9.59 Å². The van der Waals surface area contributed by atoms with Crippen LogP contribution in [0.15, 0.2) is 152 Å². The van der Waals surface area contributed by atoms with Gasteiger partial charge in [0.1, 0.15) is 0 Å². The molecule has 0 aromatic heterocycles. The van der Waals surface area contributed by atoms with E-state index >= 15 is 0 Å². The van der Waals surface area contributed by atoms with Gasteiger partial charge in [-0.3, -0.25) is 0 Å². The van der Waals surface area contributed by atoms with Gasteiger partial charge in [-0.2, -0.15) is 0 Å². The van der Waals surface area contributed by atoms with E-state index in [-0.39, 0.29) is 30.6 Å². The molecule has 1 unspecified atom stereocenters. The number of allylic oxidation sites excluding steroid dienone is 1. The van der Waals surface area contributed by atoms with Crippen LogP contribution in [0.5, 0.6) is 0 Å². The third-order valence-corrected chi connectivity index (χ3v) is 13.3. The molecule has 1 atom stereocenters. The molecule has 4 nitrogen and oxygen atoms in total. The first-order chi connectivity index (χ1) is 30.2. The Kier molecular flexibility index (Phi) is 10.6. The Morgan fingerprint density at radius 3 is 1.87 bits per heavy atom. The number of esters is 2. The number of benzene rings is 8. The zero-order valence-electron chi connectivity index (χ0n) is 36.7. The third-order valence-electron chi connectivity index (χ3n) is 13.0. The van der Waals surface area contributed by atoms with Gasteiger partial charge < -0.3 is 9.47 Å². The Morgan fingerprint density at radius 2 is 1.21 bits per heavy atom. The number of ether oxygens (including phenoxy) is 2. The van der Waals surface area contributed by atoms with Crippen molar-refractivity contribution in [1.82, 2.24) is 0 Å². The van der Waals surface area contributed by atoms with Gasteiger partial charge in [0, 0.05) is 33.4 Å². The van der Waals surface area contributed by atoms with E-state index in [0.29, 0.717) is 35.4 Å². The van der Waals surface area contributed by atoms with Crippen molar-refractivity contribution in [2.45, 2.75) is 64.7 Å². The molecule has 8 aromatic rings. The van der Waals surface area contributed by atoms with Crippen molar-refractivity contribution in [1.29, 1.82) is 0 Å². The molecule has 8 aromatic carbocycles. The van der Waals surface area contributed by atoms with Gasteiger partial charge in [-0.15, -0.1) is 6.58 Å². The van der Waals surface area contributed by atoms with E-state index < -0.39 is 5.41 Å². The van der Waals surface area contributed by atoms with Crippen LogP contribution < -0.4 is 0 Å². The lowest BCUT2D eigenvalue weighted by Crippen LogP contribution is -2.23. The Hall–Kier alpha value is -6.49. The largest absolute Gasteiger partial charge is 0.462 e. The highest BCUT2D eigenvalue weighted by Crippen LogP contribution is 2.54. The van der Waals surface area contributed by atoms with Gasteiger partial charge in [0.25, 0.3) is 0 Å². The van der Waals surface area contributed by atoms with Crippen LogP contribution in [0.25, 0.3) is 76.5 Å². The summed E-state index contributed by atoms with van der Waals surface area (Å²) in [7, 11) is 0. The van der Waals surface area contributed by atoms with Crippen molar-refractivity contribution < 1.29 is 19.1 Å². The number of hydrogen-bond acceptors (Lipinski definition) is 4. The predicted molar refractivity (Wildman–Crippen MR) is 263 cm³/mol. The summed E-state index contributed by atoms with van der Waals surface area (Å²) < 4.78 is 11.0. The number of carbonyl (C=O) groups is 2. The van der Waals surface area contributed by atoms with E-state index in [2.05, 4.69) is 156 Å².